The summed E-state index contributed by atoms with van der Waals surface area (Å²) in [6.45, 7) is 9.71. The molecule has 5 atom stereocenters. The molecular formula is C17H26. The third-order valence-electron chi connectivity index (χ3n) is 5.73. The van der Waals surface area contributed by atoms with E-state index in [0.29, 0.717) is 0 Å². The van der Waals surface area contributed by atoms with Gasteiger partial charge in [-0.15, -0.1) is 0 Å². The van der Waals surface area contributed by atoms with E-state index in [9.17, 15) is 0 Å². The van der Waals surface area contributed by atoms with Crippen LogP contribution < -0.4 is 0 Å². The molecule has 0 aliphatic heterocycles. The first-order valence-corrected chi connectivity index (χ1v) is 7.48. The van der Waals surface area contributed by atoms with Gasteiger partial charge in [-0.25, -0.2) is 0 Å². The van der Waals surface area contributed by atoms with Crippen LogP contribution >= 0.6 is 0 Å². The van der Waals surface area contributed by atoms with Crippen molar-refractivity contribution in [1.82, 2.24) is 0 Å². The summed E-state index contributed by atoms with van der Waals surface area (Å²) in [4.78, 5) is 0. The molecule has 2 bridgehead atoms. The predicted molar refractivity (Wildman–Crippen MR) is 73.6 cm³/mol. The van der Waals surface area contributed by atoms with Gasteiger partial charge in [0.05, 0.1) is 0 Å². The summed E-state index contributed by atoms with van der Waals surface area (Å²) in [5.74, 6) is 6.31. The van der Waals surface area contributed by atoms with Crippen molar-refractivity contribution >= 4 is 0 Å². The maximum absolute atomic E-state index is 2.48. The maximum Gasteiger partial charge on any atom is 0.00170 e. The van der Waals surface area contributed by atoms with Crippen molar-refractivity contribution in [2.75, 3.05) is 0 Å². The quantitative estimate of drug-likeness (QED) is 0.646. The van der Waals surface area contributed by atoms with E-state index in [1.54, 1.807) is 5.57 Å². The van der Waals surface area contributed by atoms with Gasteiger partial charge in [-0.05, 0) is 48.3 Å². The predicted octanol–water partition coefficient (Wildman–Crippen LogP) is 4.68. The largest absolute Gasteiger partial charge is 0.0770 e. The molecule has 4 rings (SSSR count). The Labute approximate surface area is 106 Å². The van der Waals surface area contributed by atoms with Crippen LogP contribution in [-0.2, 0) is 0 Å². The molecule has 4 aliphatic carbocycles. The summed E-state index contributed by atoms with van der Waals surface area (Å²) in [5.41, 5.74) is 1.79. The fourth-order valence-electron chi connectivity index (χ4n) is 4.86. The average Bonchev–Trinajstić information content (AvgIpc) is 2.78. The Morgan fingerprint density at radius 3 is 2.35 bits per heavy atom. The van der Waals surface area contributed by atoms with Gasteiger partial charge in [-0.2, -0.15) is 0 Å². The Morgan fingerprint density at radius 1 is 1.00 bits per heavy atom. The fraction of sp³-hybridized carbons (Fsp3) is 0.765. The normalized spacial score (nSPS) is 43.4. The molecule has 0 saturated heterocycles. The van der Waals surface area contributed by atoms with Crippen LogP contribution in [0.3, 0.4) is 0 Å². The van der Waals surface area contributed by atoms with Crippen LogP contribution in [0.1, 0.15) is 40.5 Å². The summed E-state index contributed by atoms with van der Waals surface area (Å²) >= 11 is 0. The highest BCUT2D eigenvalue weighted by Gasteiger charge is 2.50. The third kappa shape index (κ3) is 1.63. The molecule has 0 aromatic carbocycles. The lowest BCUT2D eigenvalue weighted by molar-refractivity contribution is 0.0146. The van der Waals surface area contributed by atoms with Crippen LogP contribution in [0, 0.1) is 41.4 Å². The van der Waals surface area contributed by atoms with E-state index < -0.39 is 0 Å². The van der Waals surface area contributed by atoms with Crippen LogP contribution in [0.5, 0.6) is 0 Å². The highest BCUT2D eigenvalue weighted by molar-refractivity contribution is 5.35. The lowest BCUT2D eigenvalue weighted by atomic mass is 9.50. The minimum Gasteiger partial charge on any atom is -0.0770 e. The molecule has 3 saturated carbocycles. The first-order chi connectivity index (χ1) is 8.09. The molecule has 0 aromatic heterocycles. The van der Waals surface area contributed by atoms with Crippen molar-refractivity contribution in [3.05, 3.63) is 23.8 Å². The van der Waals surface area contributed by atoms with Crippen LogP contribution in [0.25, 0.3) is 0 Å². The molecule has 17 heavy (non-hydrogen) atoms. The summed E-state index contributed by atoms with van der Waals surface area (Å²) in [5, 5.41) is 0. The van der Waals surface area contributed by atoms with Gasteiger partial charge in [0.1, 0.15) is 0 Å². The molecule has 0 radical (unpaired) electrons. The fourth-order valence-corrected chi connectivity index (χ4v) is 4.86. The zero-order valence-corrected chi connectivity index (χ0v) is 11.7. The second-order valence-electron chi connectivity index (χ2n) is 7.13. The number of hydrogen-bond donors (Lipinski definition) is 0. The van der Waals surface area contributed by atoms with Gasteiger partial charge < -0.3 is 0 Å². The Bertz CT molecular complexity index is 358. The van der Waals surface area contributed by atoms with Gasteiger partial charge in [0.15, 0.2) is 0 Å². The third-order valence-corrected chi connectivity index (χ3v) is 5.73. The van der Waals surface area contributed by atoms with Crippen LogP contribution in [0.2, 0.25) is 0 Å². The zero-order valence-electron chi connectivity index (χ0n) is 11.7. The van der Waals surface area contributed by atoms with E-state index in [0.717, 1.165) is 41.4 Å². The number of rotatable bonds is 2. The first-order valence-electron chi connectivity index (χ1n) is 7.48. The SMILES string of the molecule is CC(C)C1CC2C3C=CC=C3C1CC2C(C)C. The topological polar surface area (TPSA) is 0 Å². The highest BCUT2D eigenvalue weighted by atomic mass is 14.5. The van der Waals surface area contributed by atoms with Crippen molar-refractivity contribution < 1.29 is 0 Å². The van der Waals surface area contributed by atoms with Crippen LogP contribution in [0.15, 0.2) is 23.8 Å². The first kappa shape index (κ1) is 11.6. The van der Waals surface area contributed by atoms with E-state index in [4.69, 9.17) is 0 Å². The molecule has 0 heteroatoms. The Morgan fingerprint density at radius 2 is 1.71 bits per heavy atom. The number of allylic oxidation sites excluding steroid dienone is 4. The Balaban J connectivity index is 1.93. The standard InChI is InChI=1S/C17H26/c1-10(2)14-8-17-13-7-5-6-12(13)16(14)9-15(17)11(3)4/h5-7,10-12,14-17H,8-9H2,1-4H3. The monoisotopic (exact) mass is 230 g/mol. The van der Waals surface area contributed by atoms with Crippen molar-refractivity contribution in [3.8, 4) is 0 Å². The van der Waals surface area contributed by atoms with Crippen molar-refractivity contribution in [2.45, 2.75) is 40.5 Å². The molecule has 0 heterocycles. The summed E-state index contributed by atoms with van der Waals surface area (Å²) < 4.78 is 0. The van der Waals surface area contributed by atoms with E-state index in [-0.39, 0.29) is 0 Å². The molecule has 0 N–H and O–H groups in total. The van der Waals surface area contributed by atoms with Crippen LogP contribution in [-0.4, -0.2) is 0 Å². The zero-order chi connectivity index (χ0) is 12.2. The van der Waals surface area contributed by atoms with Gasteiger partial charge in [-0.3, -0.25) is 0 Å². The van der Waals surface area contributed by atoms with Gasteiger partial charge in [0, 0.05) is 5.92 Å². The van der Waals surface area contributed by atoms with E-state index >= 15 is 0 Å². The highest BCUT2D eigenvalue weighted by Crippen LogP contribution is 2.59. The molecule has 0 nitrogen and oxygen atoms in total. The van der Waals surface area contributed by atoms with Gasteiger partial charge in [0.25, 0.3) is 0 Å². The Kier molecular flexibility index (Phi) is 2.72. The number of fused-ring (bicyclic) bond motifs is 2. The van der Waals surface area contributed by atoms with E-state index in [1.807, 2.05) is 0 Å². The molecule has 0 amide bonds. The van der Waals surface area contributed by atoms with Gasteiger partial charge in [0.2, 0.25) is 0 Å². The second-order valence-corrected chi connectivity index (χ2v) is 7.13. The molecule has 5 unspecified atom stereocenters. The minimum absolute atomic E-state index is 0.816. The summed E-state index contributed by atoms with van der Waals surface area (Å²) in [7, 11) is 0. The smallest absolute Gasteiger partial charge is 0.00170 e. The minimum atomic E-state index is 0.816. The summed E-state index contributed by atoms with van der Waals surface area (Å²) in [6, 6.07) is 0. The molecular weight excluding hydrogens is 204 g/mol. The Hall–Kier alpha value is -0.520. The lowest BCUT2D eigenvalue weighted by Crippen LogP contribution is -2.46. The van der Waals surface area contributed by atoms with Crippen LogP contribution in [0.4, 0.5) is 0 Å². The van der Waals surface area contributed by atoms with Crippen molar-refractivity contribution in [2.24, 2.45) is 41.4 Å². The van der Waals surface area contributed by atoms with E-state index in [1.165, 1.54) is 12.8 Å². The lowest BCUT2D eigenvalue weighted by Gasteiger charge is -2.54. The van der Waals surface area contributed by atoms with E-state index in [2.05, 4.69) is 45.9 Å². The second kappa shape index (κ2) is 4.00. The molecule has 0 spiro atoms. The number of hydrogen-bond acceptors (Lipinski definition) is 0. The van der Waals surface area contributed by atoms with Crippen molar-refractivity contribution in [3.63, 3.8) is 0 Å². The molecule has 3 fully saturated rings. The molecule has 4 aliphatic rings. The van der Waals surface area contributed by atoms with Crippen molar-refractivity contribution in [1.29, 1.82) is 0 Å². The molecule has 0 aromatic rings. The summed E-state index contributed by atoms with van der Waals surface area (Å²) in [6.07, 6.45) is 10.2. The average molecular weight is 230 g/mol. The molecule has 94 valence electrons. The van der Waals surface area contributed by atoms with Gasteiger partial charge >= 0.3 is 0 Å². The maximum atomic E-state index is 2.48. The van der Waals surface area contributed by atoms with Gasteiger partial charge in [-0.1, -0.05) is 51.5 Å².